The van der Waals surface area contributed by atoms with Gasteiger partial charge in [0.25, 0.3) is 0 Å². The molecule has 5 nitrogen and oxygen atoms in total. The van der Waals surface area contributed by atoms with Crippen LogP contribution in [0.5, 0.6) is 0 Å². The van der Waals surface area contributed by atoms with E-state index in [4.69, 9.17) is 16.4 Å². The normalized spacial score (nSPS) is 20.6. The van der Waals surface area contributed by atoms with Crippen molar-refractivity contribution in [1.29, 1.82) is 4.78 Å². The van der Waals surface area contributed by atoms with E-state index in [2.05, 4.69) is 4.72 Å². The Hall–Kier alpha value is -1.67. The molecule has 0 aromatic heterocycles. The van der Waals surface area contributed by atoms with Gasteiger partial charge in [-0.25, -0.2) is 13.1 Å². The van der Waals surface area contributed by atoms with Crippen LogP contribution in [0, 0.1) is 4.78 Å². The molecule has 3 rings (SSSR count). The van der Waals surface area contributed by atoms with Gasteiger partial charge in [-0.1, -0.05) is 58.7 Å². The molecule has 0 radical (unpaired) electrons. The molecule has 1 heterocycles. The van der Waals surface area contributed by atoms with Crippen LogP contribution in [0.4, 0.5) is 0 Å². The maximum Gasteiger partial charge on any atom is 0.241 e. The number of nitrogens with zero attached hydrogens (tertiary/aromatic N) is 1. The van der Waals surface area contributed by atoms with Gasteiger partial charge in [-0.2, -0.15) is 0 Å². The van der Waals surface area contributed by atoms with E-state index in [1.807, 2.05) is 47.7 Å². The second-order valence-electron chi connectivity index (χ2n) is 5.60. The number of hydrogen-bond donors (Lipinski definition) is 2. The molecule has 25 heavy (non-hydrogen) atoms. The zero-order chi connectivity index (χ0) is 18.2. The molecule has 0 aliphatic carbocycles. The lowest BCUT2D eigenvalue weighted by Crippen LogP contribution is -2.21. The van der Waals surface area contributed by atoms with Crippen LogP contribution in [0.15, 0.2) is 58.8 Å². The summed E-state index contributed by atoms with van der Waals surface area (Å²) in [4.78, 5) is 2.06. The van der Waals surface area contributed by atoms with Crippen LogP contribution >= 0.6 is 11.6 Å². The third-order valence-corrected chi connectivity index (χ3v) is 7.52. The smallest absolute Gasteiger partial charge is 0.241 e. The highest BCUT2D eigenvalue weighted by Crippen LogP contribution is 2.39. The van der Waals surface area contributed by atoms with Crippen molar-refractivity contribution in [3.63, 3.8) is 0 Å². The maximum atomic E-state index is 12.2. The van der Waals surface area contributed by atoms with Crippen LogP contribution < -0.4 is 4.72 Å². The molecule has 0 spiro atoms. The summed E-state index contributed by atoms with van der Waals surface area (Å²) in [5, 5.41) is 1.96. The fourth-order valence-corrected chi connectivity index (χ4v) is 5.63. The van der Waals surface area contributed by atoms with Gasteiger partial charge in [0.05, 0.1) is 10.7 Å². The predicted molar refractivity (Wildman–Crippen MR) is 103 cm³/mol. The van der Waals surface area contributed by atoms with Gasteiger partial charge >= 0.3 is 0 Å². The summed E-state index contributed by atoms with van der Waals surface area (Å²) in [6.45, 7) is 0. The zero-order valence-electron chi connectivity index (χ0n) is 13.7. The lowest BCUT2D eigenvalue weighted by molar-refractivity contribution is 0.469. The third kappa shape index (κ3) is 3.37. The Bertz CT molecular complexity index is 959. The number of hydrogen-bond acceptors (Lipinski definition) is 4. The highest BCUT2D eigenvalue weighted by molar-refractivity contribution is 7.90. The number of nitrogens with one attached hydrogen (secondary N) is 2. The Balaban J connectivity index is 2.02. The molecule has 2 aromatic carbocycles. The fraction of sp³-hybridized carbons (Fsp3) is 0.176. The van der Waals surface area contributed by atoms with Gasteiger partial charge in [0.2, 0.25) is 10.0 Å². The first-order valence-corrected chi connectivity index (χ1v) is 10.7. The van der Waals surface area contributed by atoms with Crippen molar-refractivity contribution in [2.75, 3.05) is 14.1 Å². The summed E-state index contributed by atoms with van der Waals surface area (Å²) >= 11 is 6.07. The summed E-state index contributed by atoms with van der Waals surface area (Å²) in [5.41, 5.74) is 2.62. The van der Waals surface area contributed by atoms with Gasteiger partial charge in [-0.05, 0) is 30.3 Å². The minimum atomic E-state index is -3.65. The molecule has 2 aromatic rings. The minimum Gasteiger partial charge on any atom is -0.357 e. The fourth-order valence-electron chi connectivity index (χ4n) is 2.80. The van der Waals surface area contributed by atoms with E-state index in [1.54, 1.807) is 18.2 Å². The largest absolute Gasteiger partial charge is 0.357 e. The Kier molecular flexibility index (Phi) is 5.02. The molecule has 2 atom stereocenters. The second kappa shape index (κ2) is 6.92. The first kappa shape index (κ1) is 18.1. The van der Waals surface area contributed by atoms with E-state index in [0.717, 1.165) is 16.8 Å². The number of sulfonamides is 1. The van der Waals surface area contributed by atoms with Crippen LogP contribution in [-0.2, 0) is 20.7 Å². The third-order valence-electron chi connectivity index (χ3n) is 4.08. The van der Waals surface area contributed by atoms with Crippen LogP contribution in [0.3, 0.4) is 0 Å². The number of benzene rings is 2. The van der Waals surface area contributed by atoms with Gasteiger partial charge in [0, 0.05) is 12.5 Å². The van der Waals surface area contributed by atoms with Crippen molar-refractivity contribution in [2.45, 2.75) is 10.3 Å². The molecule has 0 bridgehead atoms. The van der Waals surface area contributed by atoms with E-state index >= 15 is 0 Å². The summed E-state index contributed by atoms with van der Waals surface area (Å²) in [6.07, 6.45) is 0. The van der Waals surface area contributed by atoms with Gasteiger partial charge < -0.3 is 4.90 Å². The van der Waals surface area contributed by atoms with Gasteiger partial charge in [0.1, 0.15) is 10.3 Å². The standard InChI is InChI=1S/C17H18ClN3O2S2/c1-20-25(22,23)16-10-13(8-9-14(16)18)15-11-24(19)17(21(15)2)12-6-4-3-5-7-12/h3-11,17,19-20H,1-2H3. The molecule has 2 unspecified atom stereocenters. The van der Waals surface area contributed by atoms with Gasteiger partial charge in [0.15, 0.2) is 0 Å². The van der Waals surface area contributed by atoms with Crippen molar-refractivity contribution >= 4 is 38.0 Å². The molecular formula is C17H18ClN3O2S2. The zero-order valence-corrected chi connectivity index (χ0v) is 16.1. The molecule has 8 heteroatoms. The molecule has 132 valence electrons. The van der Waals surface area contributed by atoms with Crippen LogP contribution in [0.1, 0.15) is 16.5 Å². The second-order valence-corrected chi connectivity index (χ2v) is 9.29. The number of rotatable bonds is 4. The van der Waals surface area contributed by atoms with Crippen molar-refractivity contribution in [3.8, 4) is 0 Å². The van der Waals surface area contributed by atoms with E-state index in [0.29, 0.717) is 0 Å². The van der Waals surface area contributed by atoms with Gasteiger partial charge in [-0.3, -0.25) is 4.78 Å². The average molecular weight is 396 g/mol. The van der Waals surface area contributed by atoms with Crippen LogP contribution in [-0.4, -0.2) is 27.4 Å². The van der Waals surface area contributed by atoms with Crippen LogP contribution in [0.25, 0.3) is 5.70 Å². The lowest BCUT2D eigenvalue weighted by Gasteiger charge is -2.26. The highest BCUT2D eigenvalue weighted by atomic mass is 35.5. The quantitative estimate of drug-likeness (QED) is 0.831. The molecule has 0 amide bonds. The molecule has 0 saturated heterocycles. The van der Waals surface area contributed by atoms with Crippen molar-refractivity contribution < 1.29 is 8.42 Å². The molecular weight excluding hydrogens is 378 g/mol. The molecule has 2 N–H and O–H groups in total. The van der Waals surface area contributed by atoms with E-state index in [-0.39, 0.29) is 15.3 Å². The van der Waals surface area contributed by atoms with E-state index in [9.17, 15) is 8.42 Å². The van der Waals surface area contributed by atoms with Crippen LogP contribution in [0.2, 0.25) is 5.02 Å². The molecule has 0 fully saturated rings. The average Bonchev–Trinajstić information content (AvgIpc) is 2.90. The molecule has 1 aliphatic heterocycles. The Labute approximate surface area is 155 Å². The highest BCUT2D eigenvalue weighted by Gasteiger charge is 2.29. The van der Waals surface area contributed by atoms with Crippen molar-refractivity contribution in [3.05, 3.63) is 70.1 Å². The van der Waals surface area contributed by atoms with E-state index in [1.165, 1.54) is 7.05 Å². The summed E-state index contributed by atoms with van der Waals surface area (Å²) in [6, 6.07) is 14.8. The predicted octanol–water partition coefficient (Wildman–Crippen LogP) is 3.57. The summed E-state index contributed by atoms with van der Waals surface area (Å²) < 4.78 is 35.0. The lowest BCUT2D eigenvalue weighted by atomic mass is 10.1. The SMILES string of the molecule is CNS(=O)(=O)c1cc(C2=CS(=N)C(c3ccccc3)N2C)ccc1Cl. The maximum absolute atomic E-state index is 12.2. The first-order valence-electron chi connectivity index (χ1n) is 7.51. The Morgan fingerprint density at radius 3 is 2.52 bits per heavy atom. The van der Waals surface area contributed by atoms with Crippen molar-refractivity contribution in [1.82, 2.24) is 9.62 Å². The molecule has 1 aliphatic rings. The monoisotopic (exact) mass is 395 g/mol. The molecule has 0 saturated carbocycles. The Morgan fingerprint density at radius 2 is 1.88 bits per heavy atom. The first-order chi connectivity index (χ1) is 11.8. The van der Waals surface area contributed by atoms with Crippen molar-refractivity contribution in [2.24, 2.45) is 0 Å². The Morgan fingerprint density at radius 1 is 1.20 bits per heavy atom. The van der Waals surface area contributed by atoms with Gasteiger partial charge in [-0.15, -0.1) is 0 Å². The topological polar surface area (TPSA) is 73.3 Å². The summed E-state index contributed by atoms with van der Waals surface area (Å²) in [7, 11) is -1.12. The van der Waals surface area contributed by atoms with E-state index < -0.39 is 20.7 Å². The number of halogens is 1. The minimum absolute atomic E-state index is 0.0384. The summed E-state index contributed by atoms with van der Waals surface area (Å²) in [5.74, 6) is 0.